The second-order valence-electron chi connectivity index (χ2n) is 23.4. The van der Waals surface area contributed by atoms with Crippen molar-refractivity contribution in [2.24, 2.45) is 23.5 Å². The van der Waals surface area contributed by atoms with E-state index in [1.54, 1.807) is 37.5 Å². The van der Waals surface area contributed by atoms with Gasteiger partial charge in [0, 0.05) is 103 Å². The molecule has 9 atom stereocenters. The number of β-amino-alcohol motifs (C(OH)–C–C–N with tert-alkyl or cyclic N) is 1. The van der Waals surface area contributed by atoms with E-state index < -0.39 is 107 Å². The summed E-state index contributed by atoms with van der Waals surface area (Å²) in [6, 6.07) is 2.38. The number of aromatic nitrogens is 4. The third kappa shape index (κ3) is 18.4. The van der Waals surface area contributed by atoms with Crippen LogP contribution < -0.4 is 43.0 Å². The molecule has 4 aromatic rings. The monoisotopic (exact) mass is 1250 g/mol. The molecule has 468 valence electrons. The van der Waals surface area contributed by atoms with Crippen LogP contribution in [-0.2, 0) is 72.2 Å². The van der Waals surface area contributed by atoms with Crippen molar-refractivity contribution in [3.8, 4) is 0 Å². The lowest BCUT2D eigenvalue weighted by molar-refractivity contribution is -0.141. The second-order valence-corrected chi connectivity index (χ2v) is 25.9. The van der Waals surface area contributed by atoms with Crippen molar-refractivity contribution in [1.82, 2.24) is 62.1 Å². The van der Waals surface area contributed by atoms with E-state index in [0.717, 1.165) is 16.5 Å². The first-order valence-electron chi connectivity index (χ1n) is 29.4. The standard InChI is InChI=1S/C59H82ClN13O11S2/c1-7-34(6)50-57(82)68-46(51(61)76)29-85-27-37-9-8-10-38(65-37)28-86-30-47(55(80)72-59(15-17-84-18-16-59)58(83)70-44(20-33(4)5)54(79)71-50)69-52(77)43(19-32(2)3)66-53(78)45(22-39-25-62-31-64-39)67-56(81)48-23-40(74)26-73(48)49(75)14-11-35-24-63-42-13-12-36(60)21-41(35)42/h8-10,12-13,21,24-25,31-34,40,43-48,50,63,74H,7,11,14-20,22-23,26-30H2,1-6H3,(H2,61,76)(H,62,64)(H,66,78)(H,67,81)(H,68,82)(H,69,77)(H,70,83)(H,71,79)(H,72,80)/t34-,40+,43+,44-,45-,46-,47-,48-,50-/m0/s1. The van der Waals surface area contributed by atoms with Gasteiger partial charge in [0.05, 0.1) is 29.5 Å². The van der Waals surface area contributed by atoms with Crippen molar-refractivity contribution >= 4 is 99.2 Å². The van der Waals surface area contributed by atoms with Crippen molar-refractivity contribution in [2.45, 2.75) is 165 Å². The quantitative estimate of drug-likeness (QED) is 0.0682. The first-order valence-corrected chi connectivity index (χ1v) is 32.0. The molecule has 9 amide bonds. The summed E-state index contributed by atoms with van der Waals surface area (Å²) in [5.74, 6) is -6.08. The number of nitrogens with two attached hydrogens (primary N) is 1. The molecule has 2 saturated heterocycles. The maximum atomic E-state index is 15.0. The van der Waals surface area contributed by atoms with Gasteiger partial charge in [0.15, 0.2) is 0 Å². The van der Waals surface area contributed by atoms with Crippen molar-refractivity contribution in [3.05, 3.63) is 82.8 Å². The summed E-state index contributed by atoms with van der Waals surface area (Å²) in [6.45, 7) is 11.1. The Morgan fingerprint density at radius 1 is 0.884 bits per heavy atom. The molecule has 24 nitrogen and oxygen atoms in total. The molecule has 6 heterocycles. The Labute approximate surface area is 514 Å². The number of aliphatic hydroxyl groups is 1. The van der Waals surface area contributed by atoms with E-state index in [1.165, 1.54) is 34.8 Å². The van der Waals surface area contributed by atoms with Crippen LogP contribution in [0.15, 0.2) is 55.1 Å². The summed E-state index contributed by atoms with van der Waals surface area (Å²) in [5, 5.41) is 32.2. The van der Waals surface area contributed by atoms with Crippen molar-refractivity contribution in [2.75, 3.05) is 31.3 Å². The van der Waals surface area contributed by atoms with Gasteiger partial charge in [-0.2, -0.15) is 23.5 Å². The number of pyridine rings is 1. The molecule has 1 spiro atoms. The van der Waals surface area contributed by atoms with Crippen LogP contribution in [0.3, 0.4) is 0 Å². The molecule has 0 saturated carbocycles. The Bertz CT molecular complexity index is 3030. The average molecular weight is 1250 g/mol. The number of rotatable bonds is 18. The lowest BCUT2D eigenvalue weighted by atomic mass is 9.87. The number of primary amides is 1. The number of aromatic amines is 2. The number of ether oxygens (including phenoxy) is 1. The molecule has 1 aromatic carbocycles. The topological polar surface area (TPSA) is 354 Å². The van der Waals surface area contributed by atoms with E-state index in [1.807, 2.05) is 52.8 Å². The van der Waals surface area contributed by atoms with Crippen molar-refractivity contribution in [3.63, 3.8) is 0 Å². The Hall–Kier alpha value is -6.74. The fourth-order valence-corrected chi connectivity index (χ4v) is 12.8. The van der Waals surface area contributed by atoms with Gasteiger partial charge < -0.3 is 67.7 Å². The van der Waals surface area contributed by atoms with Gasteiger partial charge in [-0.15, -0.1) is 0 Å². The number of imidazole rings is 1. The van der Waals surface area contributed by atoms with Crippen LogP contribution in [-0.4, -0.2) is 168 Å². The van der Waals surface area contributed by atoms with Gasteiger partial charge in [-0.1, -0.05) is 65.6 Å². The third-order valence-electron chi connectivity index (χ3n) is 15.7. The highest BCUT2D eigenvalue weighted by Gasteiger charge is 2.46. The molecule has 3 aromatic heterocycles. The molecule has 2 fully saturated rings. The summed E-state index contributed by atoms with van der Waals surface area (Å²) >= 11 is 8.87. The number of likely N-dealkylation sites (tertiary alicyclic amines) is 1. The summed E-state index contributed by atoms with van der Waals surface area (Å²) < 4.78 is 5.69. The van der Waals surface area contributed by atoms with E-state index in [-0.39, 0.29) is 99.7 Å². The predicted octanol–water partition coefficient (Wildman–Crippen LogP) is 2.45. The number of carbonyl (C=O) groups excluding carboxylic acids is 9. The highest BCUT2D eigenvalue weighted by molar-refractivity contribution is 7.98. The number of nitrogens with one attached hydrogen (secondary N) is 9. The number of fused-ring (bicyclic) bond motifs is 3. The minimum atomic E-state index is -1.64. The van der Waals surface area contributed by atoms with Gasteiger partial charge in [-0.25, -0.2) is 4.98 Å². The number of H-pyrrole nitrogens is 2. The van der Waals surface area contributed by atoms with Gasteiger partial charge in [0.2, 0.25) is 53.2 Å². The molecule has 7 rings (SSSR count). The van der Waals surface area contributed by atoms with Crippen LogP contribution in [0.5, 0.6) is 0 Å². The summed E-state index contributed by atoms with van der Waals surface area (Å²) in [4.78, 5) is 145. The third-order valence-corrected chi connectivity index (χ3v) is 18.0. The number of carbonyl (C=O) groups is 9. The predicted molar refractivity (Wildman–Crippen MR) is 327 cm³/mol. The highest BCUT2D eigenvalue weighted by Crippen LogP contribution is 2.27. The number of thioether (sulfide) groups is 2. The first-order chi connectivity index (χ1) is 41.0. The Balaban J connectivity index is 1.14. The molecular formula is C59H82ClN13O11S2. The summed E-state index contributed by atoms with van der Waals surface area (Å²) in [7, 11) is 0. The van der Waals surface area contributed by atoms with E-state index in [4.69, 9.17) is 27.1 Å². The van der Waals surface area contributed by atoms with Gasteiger partial charge in [0.1, 0.15) is 47.8 Å². The molecule has 12 N–H and O–H groups in total. The number of hydrogen-bond acceptors (Lipinski definition) is 15. The fourth-order valence-electron chi connectivity index (χ4n) is 10.7. The smallest absolute Gasteiger partial charge is 0.246 e. The van der Waals surface area contributed by atoms with Crippen LogP contribution in [0.4, 0.5) is 0 Å². The molecule has 0 aliphatic carbocycles. The molecule has 0 radical (unpaired) electrons. The van der Waals surface area contributed by atoms with Gasteiger partial charge in [-0.3, -0.25) is 48.1 Å². The number of hydrogen-bond donors (Lipinski definition) is 11. The number of benzene rings is 1. The van der Waals surface area contributed by atoms with Crippen LogP contribution in [0.2, 0.25) is 5.02 Å². The molecule has 3 aliphatic heterocycles. The average Bonchev–Trinajstić information content (AvgIpc) is 2.63. The SMILES string of the molecule is CC[C@H](C)[C@@H]1NC(=O)[C@H](CC(C)C)NC(=O)C2(CCOCC2)NC(=O)[C@@H](NC(=O)[C@@H](CC(C)C)NC(=O)[C@H](Cc2c[nH]cn2)NC(=O)[C@@H]2C[C@@H](O)CN2C(=O)CCc2c[nH]c3ccc(Cl)cc23)CSCc2cccc(n2)CSC[C@@H](C(N)=O)NC1=O. The maximum absolute atomic E-state index is 15.0. The van der Waals surface area contributed by atoms with Crippen LogP contribution in [0.1, 0.15) is 109 Å². The lowest BCUT2D eigenvalue weighted by Gasteiger charge is -2.39. The Morgan fingerprint density at radius 2 is 1.60 bits per heavy atom. The normalized spacial score (nSPS) is 23.0. The molecule has 2 bridgehead atoms. The largest absolute Gasteiger partial charge is 0.391 e. The van der Waals surface area contributed by atoms with E-state index in [2.05, 4.69) is 52.2 Å². The first kappa shape index (κ1) is 66.8. The van der Waals surface area contributed by atoms with Crippen LogP contribution in [0.25, 0.3) is 10.9 Å². The zero-order valence-corrected chi connectivity index (χ0v) is 51.9. The Kier molecular flexibility index (Phi) is 24.3. The van der Waals surface area contributed by atoms with Gasteiger partial charge >= 0.3 is 0 Å². The molecule has 86 heavy (non-hydrogen) atoms. The minimum Gasteiger partial charge on any atom is -0.391 e. The number of aryl methyl sites for hydroxylation is 1. The summed E-state index contributed by atoms with van der Waals surface area (Å²) in [6.07, 6.45) is 4.57. The lowest BCUT2D eigenvalue weighted by Crippen LogP contribution is -2.67. The highest BCUT2D eigenvalue weighted by atomic mass is 35.5. The van der Waals surface area contributed by atoms with Gasteiger partial charge in [0.25, 0.3) is 0 Å². The molecule has 27 heteroatoms. The van der Waals surface area contributed by atoms with Crippen LogP contribution in [0, 0.1) is 17.8 Å². The Morgan fingerprint density at radius 3 is 2.27 bits per heavy atom. The van der Waals surface area contributed by atoms with Crippen LogP contribution >= 0.6 is 35.1 Å². The number of halogens is 1. The van der Waals surface area contributed by atoms with E-state index >= 15 is 4.79 Å². The fraction of sp³-hybridized carbons (Fsp3) is 0.576. The second kappa shape index (κ2) is 31.3. The van der Waals surface area contributed by atoms with E-state index in [0.29, 0.717) is 40.7 Å². The number of nitrogens with zero attached hydrogens (tertiary/aromatic N) is 3. The molecular weight excluding hydrogens is 1170 g/mol. The maximum Gasteiger partial charge on any atom is 0.246 e. The van der Waals surface area contributed by atoms with E-state index in [9.17, 15) is 43.5 Å². The van der Waals surface area contributed by atoms with Crippen molar-refractivity contribution in [1.29, 1.82) is 0 Å². The molecule has 3 aliphatic rings. The zero-order valence-electron chi connectivity index (χ0n) is 49.5. The number of aliphatic hydroxyl groups excluding tert-OH is 1. The zero-order chi connectivity index (χ0) is 62.2. The summed E-state index contributed by atoms with van der Waals surface area (Å²) in [5.41, 5.74) is 7.55. The minimum absolute atomic E-state index is 0.00284. The van der Waals surface area contributed by atoms with Gasteiger partial charge in [-0.05, 0) is 72.9 Å². The number of amides is 9. The molecule has 0 unspecified atom stereocenters. The van der Waals surface area contributed by atoms with Crippen molar-refractivity contribution < 1.29 is 53.0 Å².